The zero-order valence-electron chi connectivity index (χ0n) is 15.4. The van der Waals surface area contributed by atoms with Crippen molar-refractivity contribution < 1.29 is 14.3 Å². The number of rotatable bonds is 4. The summed E-state index contributed by atoms with van der Waals surface area (Å²) in [5.74, 6) is 0. The van der Waals surface area contributed by atoms with Gasteiger partial charge in [0.05, 0.1) is 13.2 Å². The number of likely N-dealkylation sites (N-methyl/N-ethyl adjacent to an activating group) is 1. The number of carbonyl (C=O) groups is 1. The Bertz CT molecular complexity index is 391. The molecular formula is C17H33N3O3. The van der Waals surface area contributed by atoms with Crippen LogP contribution in [0, 0.1) is 0 Å². The lowest BCUT2D eigenvalue weighted by molar-refractivity contribution is 0.0194. The van der Waals surface area contributed by atoms with Crippen LogP contribution in [0.1, 0.15) is 34.1 Å². The molecule has 2 saturated heterocycles. The van der Waals surface area contributed by atoms with Crippen molar-refractivity contribution in [2.75, 3.05) is 53.0 Å². The topological polar surface area (TPSA) is 45.2 Å². The quantitative estimate of drug-likeness (QED) is 0.786. The van der Waals surface area contributed by atoms with Gasteiger partial charge in [0.1, 0.15) is 5.60 Å². The molecule has 2 aliphatic heterocycles. The third kappa shape index (κ3) is 5.62. The maximum atomic E-state index is 12.2. The summed E-state index contributed by atoms with van der Waals surface area (Å²) in [6, 6.07) is 0.752. The standard InChI is InChI=1S/C17H33N3O3/c1-14(12-19-8-10-22-11-9-19)20-7-6-15(13-20)18(5)16(21)23-17(2,3)4/h14-15H,6-13H2,1-5H3/t14-,15-/m0/s1. The second-order valence-electron chi connectivity index (χ2n) is 7.79. The second-order valence-corrected chi connectivity index (χ2v) is 7.79. The number of morpholine rings is 1. The summed E-state index contributed by atoms with van der Waals surface area (Å²) in [5, 5.41) is 0. The first kappa shape index (κ1) is 18.5. The first-order valence-corrected chi connectivity index (χ1v) is 8.76. The Hall–Kier alpha value is -0.850. The maximum Gasteiger partial charge on any atom is 0.410 e. The van der Waals surface area contributed by atoms with Gasteiger partial charge in [0.2, 0.25) is 0 Å². The van der Waals surface area contributed by atoms with Crippen molar-refractivity contribution in [3.63, 3.8) is 0 Å². The molecule has 6 heteroatoms. The highest BCUT2D eigenvalue weighted by Gasteiger charge is 2.33. The molecule has 134 valence electrons. The molecular weight excluding hydrogens is 294 g/mol. The molecule has 2 fully saturated rings. The van der Waals surface area contributed by atoms with Gasteiger partial charge >= 0.3 is 6.09 Å². The first-order chi connectivity index (χ1) is 10.8. The highest BCUT2D eigenvalue weighted by Crippen LogP contribution is 2.20. The smallest absolute Gasteiger partial charge is 0.410 e. The monoisotopic (exact) mass is 327 g/mol. The third-order valence-electron chi connectivity index (χ3n) is 4.67. The van der Waals surface area contributed by atoms with E-state index < -0.39 is 5.60 Å². The van der Waals surface area contributed by atoms with E-state index in [1.165, 1.54) is 0 Å². The highest BCUT2D eigenvalue weighted by atomic mass is 16.6. The van der Waals surface area contributed by atoms with Crippen LogP contribution in [0.3, 0.4) is 0 Å². The lowest BCUT2D eigenvalue weighted by Crippen LogP contribution is -2.47. The third-order valence-corrected chi connectivity index (χ3v) is 4.67. The Morgan fingerprint density at radius 1 is 1.30 bits per heavy atom. The van der Waals surface area contributed by atoms with Crippen LogP contribution >= 0.6 is 0 Å². The van der Waals surface area contributed by atoms with Gasteiger partial charge in [-0.2, -0.15) is 0 Å². The molecule has 1 amide bonds. The normalized spacial score (nSPS) is 25.3. The number of ether oxygens (including phenoxy) is 2. The summed E-state index contributed by atoms with van der Waals surface area (Å²) in [4.78, 5) is 18.9. The van der Waals surface area contributed by atoms with Gasteiger partial charge < -0.3 is 14.4 Å². The number of carbonyl (C=O) groups excluding carboxylic acids is 1. The Balaban J connectivity index is 1.79. The molecule has 0 unspecified atom stereocenters. The molecule has 0 bridgehead atoms. The van der Waals surface area contributed by atoms with Crippen LogP contribution in [-0.2, 0) is 9.47 Å². The molecule has 2 heterocycles. The van der Waals surface area contributed by atoms with Crippen LogP contribution in [0.4, 0.5) is 4.79 Å². The lowest BCUT2D eigenvalue weighted by atomic mass is 10.2. The van der Waals surface area contributed by atoms with Crippen LogP contribution in [-0.4, -0.2) is 91.5 Å². The Kier molecular flexibility index (Phi) is 6.28. The molecule has 0 spiro atoms. The van der Waals surface area contributed by atoms with Crippen LogP contribution in [0.2, 0.25) is 0 Å². The van der Waals surface area contributed by atoms with Crippen molar-refractivity contribution >= 4 is 6.09 Å². The van der Waals surface area contributed by atoms with Crippen molar-refractivity contribution in [1.29, 1.82) is 0 Å². The van der Waals surface area contributed by atoms with Gasteiger partial charge in [0, 0.05) is 51.9 Å². The fourth-order valence-electron chi connectivity index (χ4n) is 3.24. The lowest BCUT2D eigenvalue weighted by Gasteiger charge is -2.33. The van der Waals surface area contributed by atoms with Crippen molar-refractivity contribution in [3.05, 3.63) is 0 Å². The molecule has 23 heavy (non-hydrogen) atoms. The van der Waals surface area contributed by atoms with E-state index in [2.05, 4.69) is 16.7 Å². The molecule has 0 saturated carbocycles. The zero-order chi connectivity index (χ0) is 17.0. The first-order valence-electron chi connectivity index (χ1n) is 8.76. The minimum Gasteiger partial charge on any atom is -0.444 e. The van der Waals surface area contributed by atoms with Crippen molar-refractivity contribution in [2.24, 2.45) is 0 Å². The average molecular weight is 327 g/mol. The van der Waals surface area contributed by atoms with Gasteiger partial charge in [0.15, 0.2) is 0 Å². The Labute approximate surface area is 140 Å². The van der Waals surface area contributed by atoms with E-state index in [0.717, 1.165) is 52.4 Å². The summed E-state index contributed by atoms with van der Waals surface area (Å²) in [5.41, 5.74) is -0.437. The van der Waals surface area contributed by atoms with Gasteiger partial charge in [-0.15, -0.1) is 0 Å². The van der Waals surface area contributed by atoms with Crippen molar-refractivity contribution in [1.82, 2.24) is 14.7 Å². The maximum absolute atomic E-state index is 12.2. The predicted molar refractivity (Wildman–Crippen MR) is 90.7 cm³/mol. The molecule has 0 aromatic carbocycles. The fraction of sp³-hybridized carbons (Fsp3) is 0.941. The van der Waals surface area contributed by atoms with Gasteiger partial charge in [-0.1, -0.05) is 0 Å². The molecule has 6 nitrogen and oxygen atoms in total. The number of hydrogen-bond acceptors (Lipinski definition) is 5. The van der Waals surface area contributed by atoms with E-state index >= 15 is 0 Å². The molecule has 0 aliphatic carbocycles. The molecule has 0 aromatic rings. The largest absolute Gasteiger partial charge is 0.444 e. The number of amides is 1. The summed E-state index contributed by atoms with van der Waals surface area (Å²) >= 11 is 0. The van der Waals surface area contributed by atoms with Gasteiger partial charge in [-0.05, 0) is 34.1 Å². The summed E-state index contributed by atoms with van der Waals surface area (Å²) in [7, 11) is 1.86. The Morgan fingerprint density at radius 3 is 2.57 bits per heavy atom. The van der Waals surface area contributed by atoms with Gasteiger partial charge in [-0.25, -0.2) is 4.79 Å². The van der Waals surface area contributed by atoms with Crippen molar-refractivity contribution in [3.8, 4) is 0 Å². The van der Waals surface area contributed by atoms with Crippen LogP contribution < -0.4 is 0 Å². The van der Waals surface area contributed by atoms with E-state index in [-0.39, 0.29) is 12.1 Å². The minimum atomic E-state index is -0.437. The van der Waals surface area contributed by atoms with Crippen LogP contribution in [0.5, 0.6) is 0 Å². The molecule has 0 N–H and O–H groups in total. The van der Waals surface area contributed by atoms with Gasteiger partial charge in [-0.3, -0.25) is 9.80 Å². The number of likely N-dealkylation sites (tertiary alicyclic amines) is 1. The van der Waals surface area contributed by atoms with Crippen LogP contribution in [0.15, 0.2) is 0 Å². The molecule has 2 rings (SSSR count). The molecule has 2 aliphatic rings. The van der Waals surface area contributed by atoms with Crippen molar-refractivity contribution in [2.45, 2.75) is 51.8 Å². The molecule has 0 aromatic heterocycles. The van der Waals surface area contributed by atoms with E-state index in [1.807, 2.05) is 27.8 Å². The van der Waals surface area contributed by atoms with Crippen LogP contribution in [0.25, 0.3) is 0 Å². The predicted octanol–water partition coefficient (Wildman–Crippen LogP) is 1.65. The summed E-state index contributed by atoms with van der Waals surface area (Å²) in [6.07, 6.45) is 0.800. The van der Waals surface area contributed by atoms with E-state index in [9.17, 15) is 4.79 Å². The molecule has 0 radical (unpaired) electrons. The molecule has 2 atom stereocenters. The highest BCUT2D eigenvalue weighted by molar-refractivity contribution is 5.68. The average Bonchev–Trinajstić information content (AvgIpc) is 2.95. The van der Waals surface area contributed by atoms with Gasteiger partial charge in [0.25, 0.3) is 0 Å². The Morgan fingerprint density at radius 2 is 1.96 bits per heavy atom. The zero-order valence-corrected chi connectivity index (χ0v) is 15.4. The minimum absolute atomic E-state index is 0.217. The number of nitrogens with zero attached hydrogens (tertiary/aromatic N) is 3. The van der Waals surface area contributed by atoms with E-state index in [0.29, 0.717) is 6.04 Å². The SMILES string of the molecule is C[C@@H](CN1CCOCC1)N1CC[C@H](N(C)C(=O)OC(C)(C)C)C1. The van der Waals surface area contributed by atoms with E-state index in [1.54, 1.807) is 4.90 Å². The summed E-state index contributed by atoms with van der Waals surface area (Å²) < 4.78 is 10.9. The summed E-state index contributed by atoms with van der Waals surface area (Å²) in [6.45, 7) is 14.8. The number of hydrogen-bond donors (Lipinski definition) is 0. The van der Waals surface area contributed by atoms with E-state index in [4.69, 9.17) is 9.47 Å². The second kappa shape index (κ2) is 7.81. The fourth-order valence-corrected chi connectivity index (χ4v) is 3.24.